The lowest BCUT2D eigenvalue weighted by Gasteiger charge is -2.19. The Hall–Kier alpha value is -3.23. The maximum atomic E-state index is 12.6. The molecule has 0 radical (unpaired) electrons. The molecule has 0 aliphatic carbocycles. The van der Waals surface area contributed by atoms with Gasteiger partial charge < -0.3 is 15.2 Å². The Bertz CT molecular complexity index is 929. The van der Waals surface area contributed by atoms with E-state index in [4.69, 9.17) is 0 Å². The number of hydrogen-bond acceptors (Lipinski definition) is 5. The van der Waals surface area contributed by atoms with Crippen LogP contribution in [-0.4, -0.2) is 35.8 Å². The van der Waals surface area contributed by atoms with Crippen molar-refractivity contribution in [1.29, 1.82) is 0 Å². The third-order valence-corrected chi connectivity index (χ3v) is 4.31. The van der Waals surface area contributed by atoms with Gasteiger partial charge in [-0.15, -0.1) is 10.2 Å². The number of hydrogen-bond donors (Lipinski definition) is 2. The molecule has 0 spiro atoms. The summed E-state index contributed by atoms with van der Waals surface area (Å²) in [6.45, 7) is 4.02. The molecule has 27 heavy (non-hydrogen) atoms. The quantitative estimate of drug-likeness (QED) is 0.696. The van der Waals surface area contributed by atoms with Gasteiger partial charge in [0, 0.05) is 30.7 Å². The van der Waals surface area contributed by atoms with E-state index in [0.717, 1.165) is 29.8 Å². The lowest BCUT2D eigenvalue weighted by atomic mass is 10.1. The SMILES string of the molecule is CCC[C@H](NC(=O)Nc1cc(-c2nnn(C)n2)ccc1C)c1nccn1C. The molecule has 0 aliphatic rings. The van der Waals surface area contributed by atoms with Crippen LogP contribution in [0, 0.1) is 6.92 Å². The molecule has 0 saturated heterocycles. The first-order chi connectivity index (χ1) is 13.0. The summed E-state index contributed by atoms with van der Waals surface area (Å²) < 4.78 is 1.92. The molecule has 2 amide bonds. The molecule has 0 fully saturated rings. The average molecular weight is 368 g/mol. The predicted molar refractivity (Wildman–Crippen MR) is 102 cm³/mol. The van der Waals surface area contributed by atoms with Crippen LogP contribution in [0.2, 0.25) is 0 Å². The number of tetrazole rings is 1. The first kappa shape index (κ1) is 18.6. The van der Waals surface area contributed by atoms with Crippen molar-refractivity contribution >= 4 is 11.7 Å². The number of amides is 2. The maximum Gasteiger partial charge on any atom is 0.319 e. The van der Waals surface area contributed by atoms with E-state index in [9.17, 15) is 4.79 Å². The number of aryl methyl sites for hydroxylation is 3. The highest BCUT2D eigenvalue weighted by atomic mass is 16.2. The molecule has 0 aliphatic heterocycles. The van der Waals surface area contributed by atoms with Crippen LogP contribution in [0.25, 0.3) is 11.4 Å². The van der Waals surface area contributed by atoms with Gasteiger partial charge in [-0.25, -0.2) is 9.78 Å². The van der Waals surface area contributed by atoms with E-state index in [1.54, 1.807) is 13.2 Å². The van der Waals surface area contributed by atoms with Gasteiger partial charge in [0.25, 0.3) is 0 Å². The Morgan fingerprint density at radius 1 is 1.30 bits per heavy atom. The normalized spacial score (nSPS) is 12.0. The van der Waals surface area contributed by atoms with Crippen LogP contribution in [0.4, 0.5) is 10.5 Å². The minimum absolute atomic E-state index is 0.153. The molecule has 0 unspecified atom stereocenters. The second-order valence-corrected chi connectivity index (χ2v) is 6.47. The number of carbonyl (C=O) groups excluding carboxylic acids is 1. The first-order valence-electron chi connectivity index (χ1n) is 8.87. The van der Waals surface area contributed by atoms with E-state index in [-0.39, 0.29) is 12.1 Å². The van der Waals surface area contributed by atoms with Gasteiger partial charge in [-0.2, -0.15) is 4.80 Å². The zero-order valence-electron chi connectivity index (χ0n) is 16.0. The van der Waals surface area contributed by atoms with Crippen molar-refractivity contribution in [1.82, 2.24) is 35.1 Å². The molecule has 3 aromatic rings. The number of aromatic nitrogens is 6. The Balaban J connectivity index is 1.76. The van der Waals surface area contributed by atoms with Gasteiger partial charge in [0.2, 0.25) is 5.82 Å². The number of benzene rings is 1. The number of anilines is 1. The fourth-order valence-corrected chi connectivity index (χ4v) is 2.88. The minimum Gasteiger partial charge on any atom is -0.336 e. The van der Waals surface area contributed by atoms with Gasteiger partial charge in [0.15, 0.2) is 0 Å². The van der Waals surface area contributed by atoms with Crippen LogP contribution < -0.4 is 10.6 Å². The number of imidazole rings is 1. The number of nitrogens with one attached hydrogen (secondary N) is 2. The molecule has 2 aromatic heterocycles. The third kappa shape index (κ3) is 4.30. The van der Waals surface area contributed by atoms with Crippen LogP contribution in [0.15, 0.2) is 30.6 Å². The van der Waals surface area contributed by atoms with Crippen LogP contribution in [-0.2, 0) is 14.1 Å². The van der Waals surface area contributed by atoms with E-state index >= 15 is 0 Å². The third-order valence-electron chi connectivity index (χ3n) is 4.31. The summed E-state index contributed by atoms with van der Waals surface area (Å²) in [5.41, 5.74) is 2.44. The summed E-state index contributed by atoms with van der Waals surface area (Å²) in [6, 6.07) is 5.25. The van der Waals surface area contributed by atoms with Gasteiger partial charge in [0.05, 0.1) is 13.1 Å². The van der Waals surface area contributed by atoms with Crippen molar-refractivity contribution in [2.24, 2.45) is 14.1 Å². The summed E-state index contributed by atoms with van der Waals surface area (Å²) in [6.07, 6.45) is 5.35. The lowest BCUT2D eigenvalue weighted by Crippen LogP contribution is -2.34. The summed E-state index contributed by atoms with van der Waals surface area (Å²) >= 11 is 0. The van der Waals surface area contributed by atoms with Crippen LogP contribution in [0.5, 0.6) is 0 Å². The average Bonchev–Trinajstić information content (AvgIpc) is 3.25. The minimum atomic E-state index is -0.274. The monoisotopic (exact) mass is 368 g/mol. The number of urea groups is 1. The predicted octanol–water partition coefficient (Wildman–Crippen LogP) is 2.58. The molecule has 1 atom stereocenters. The van der Waals surface area contributed by atoms with E-state index in [1.165, 1.54) is 4.80 Å². The Kier molecular flexibility index (Phi) is 5.49. The summed E-state index contributed by atoms with van der Waals surface area (Å²) in [5.74, 6) is 1.35. The van der Waals surface area contributed by atoms with Crippen molar-refractivity contribution < 1.29 is 4.79 Å². The Morgan fingerprint density at radius 2 is 2.11 bits per heavy atom. The molecule has 0 bridgehead atoms. The van der Waals surface area contributed by atoms with Crippen molar-refractivity contribution in [2.45, 2.75) is 32.7 Å². The van der Waals surface area contributed by atoms with Crippen molar-refractivity contribution in [3.63, 3.8) is 0 Å². The number of rotatable bonds is 6. The molecule has 3 rings (SSSR count). The molecular formula is C18H24N8O. The smallest absolute Gasteiger partial charge is 0.319 e. The fourth-order valence-electron chi connectivity index (χ4n) is 2.88. The van der Waals surface area contributed by atoms with Gasteiger partial charge >= 0.3 is 6.03 Å². The van der Waals surface area contributed by atoms with Gasteiger partial charge in [-0.1, -0.05) is 25.5 Å². The highest BCUT2D eigenvalue weighted by Gasteiger charge is 2.18. The van der Waals surface area contributed by atoms with E-state index < -0.39 is 0 Å². The van der Waals surface area contributed by atoms with Gasteiger partial charge in [-0.05, 0) is 30.2 Å². The van der Waals surface area contributed by atoms with Crippen molar-refractivity contribution in [3.8, 4) is 11.4 Å². The number of nitrogens with zero attached hydrogens (tertiary/aromatic N) is 6. The molecule has 2 heterocycles. The molecule has 2 N–H and O–H groups in total. The molecule has 1 aromatic carbocycles. The van der Waals surface area contributed by atoms with Crippen LogP contribution in [0.1, 0.15) is 37.2 Å². The summed E-state index contributed by atoms with van der Waals surface area (Å²) in [4.78, 5) is 18.4. The molecular weight excluding hydrogens is 344 g/mol. The topological polar surface area (TPSA) is 103 Å². The fraction of sp³-hybridized carbons (Fsp3) is 0.389. The second kappa shape index (κ2) is 7.98. The standard InChI is InChI=1S/C18H24N8O/c1-5-6-14(17-19-9-10-25(17)3)20-18(27)21-15-11-13(8-7-12(15)2)16-22-24-26(4)23-16/h7-11,14H,5-6H2,1-4H3,(H2,20,21,27)/t14-/m0/s1. The van der Waals surface area contributed by atoms with Crippen molar-refractivity contribution in [3.05, 3.63) is 42.0 Å². The summed E-state index contributed by atoms with van der Waals surface area (Å²) in [7, 11) is 3.63. The van der Waals surface area contributed by atoms with E-state index in [1.807, 2.05) is 42.9 Å². The maximum absolute atomic E-state index is 12.6. The van der Waals surface area contributed by atoms with E-state index in [2.05, 4.69) is 38.0 Å². The molecule has 9 heteroatoms. The van der Waals surface area contributed by atoms with Gasteiger partial charge in [-0.3, -0.25) is 0 Å². The zero-order valence-corrected chi connectivity index (χ0v) is 16.0. The second-order valence-electron chi connectivity index (χ2n) is 6.47. The first-order valence-corrected chi connectivity index (χ1v) is 8.87. The van der Waals surface area contributed by atoms with Crippen LogP contribution in [0.3, 0.4) is 0 Å². The largest absolute Gasteiger partial charge is 0.336 e. The van der Waals surface area contributed by atoms with E-state index in [0.29, 0.717) is 11.5 Å². The zero-order chi connectivity index (χ0) is 19.4. The molecule has 0 saturated carbocycles. The van der Waals surface area contributed by atoms with Crippen molar-refractivity contribution in [2.75, 3.05) is 5.32 Å². The number of carbonyl (C=O) groups is 1. The highest BCUT2D eigenvalue weighted by molar-refractivity contribution is 5.91. The van der Waals surface area contributed by atoms with Gasteiger partial charge in [0.1, 0.15) is 5.82 Å². The molecule has 9 nitrogen and oxygen atoms in total. The Labute approximate surface area is 157 Å². The highest BCUT2D eigenvalue weighted by Crippen LogP contribution is 2.23. The Morgan fingerprint density at radius 3 is 2.74 bits per heavy atom. The lowest BCUT2D eigenvalue weighted by molar-refractivity contribution is 0.247. The summed E-state index contributed by atoms with van der Waals surface area (Å²) in [5, 5.41) is 18.0. The molecule has 142 valence electrons. The van der Waals surface area contributed by atoms with Crippen LogP contribution >= 0.6 is 0 Å².